The van der Waals surface area contributed by atoms with Crippen molar-refractivity contribution in [3.8, 4) is 11.5 Å². The van der Waals surface area contributed by atoms with Crippen LogP contribution < -0.4 is 20.3 Å². The van der Waals surface area contributed by atoms with Crippen LogP contribution in [0.1, 0.15) is 20.3 Å². The van der Waals surface area contributed by atoms with Crippen molar-refractivity contribution in [3.05, 3.63) is 52.9 Å². The molecule has 0 bridgehead atoms. The van der Waals surface area contributed by atoms with Gasteiger partial charge in [-0.1, -0.05) is 0 Å². The van der Waals surface area contributed by atoms with Crippen LogP contribution in [-0.2, 0) is 11.3 Å². The van der Waals surface area contributed by atoms with E-state index in [1.165, 1.54) is 10.7 Å². The summed E-state index contributed by atoms with van der Waals surface area (Å²) < 4.78 is 12.3. The predicted molar refractivity (Wildman–Crippen MR) is 93.8 cm³/mol. The predicted octanol–water partition coefficient (Wildman–Crippen LogP) is 1.62. The van der Waals surface area contributed by atoms with Gasteiger partial charge in [0.05, 0.1) is 6.61 Å². The highest BCUT2D eigenvalue weighted by atomic mass is 16.5. The molecule has 0 unspecified atom stereocenters. The molecule has 7 heteroatoms. The fraction of sp³-hybridized carbons (Fsp3) is 0.389. The number of hydrogen-bond acceptors (Lipinski definition) is 5. The number of hydrogen-bond donors (Lipinski definition) is 1. The monoisotopic (exact) mass is 345 g/mol. The summed E-state index contributed by atoms with van der Waals surface area (Å²) in [4.78, 5) is 23.6. The molecule has 0 aliphatic rings. The van der Waals surface area contributed by atoms with E-state index in [9.17, 15) is 9.59 Å². The first kappa shape index (κ1) is 18.5. The molecular formula is C18H23N3O4. The van der Waals surface area contributed by atoms with Gasteiger partial charge in [-0.25, -0.2) is 4.68 Å². The van der Waals surface area contributed by atoms with Crippen molar-refractivity contribution >= 4 is 5.91 Å². The summed E-state index contributed by atoms with van der Waals surface area (Å²) >= 11 is 0. The van der Waals surface area contributed by atoms with Gasteiger partial charge < -0.3 is 14.8 Å². The minimum Gasteiger partial charge on any atom is -0.494 e. The minimum atomic E-state index is -0.615. The molecule has 0 saturated carbocycles. The quantitative estimate of drug-likeness (QED) is 0.698. The Balaban J connectivity index is 1.72. The average molecular weight is 345 g/mol. The number of rotatable bonds is 9. The number of carbonyl (C=O) groups is 1. The summed E-state index contributed by atoms with van der Waals surface area (Å²) in [5, 5.41) is 6.75. The Kier molecular flexibility index (Phi) is 7.00. The molecular weight excluding hydrogens is 322 g/mol. The zero-order valence-corrected chi connectivity index (χ0v) is 14.5. The molecule has 1 heterocycles. The standard InChI is InChI=1S/C18H23N3O4/c1-3-24-15-7-9-16(10-8-15)25-14(2)18(23)19-11-5-13-21-17(22)6-4-12-20-21/h4,6-10,12,14H,3,5,11,13H2,1-2H3,(H,19,23)/t14-/m0/s1. The van der Waals surface area contributed by atoms with Crippen LogP contribution in [0.2, 0.25) is 0 Å². The van der Waals surface area contributed by atoms with E-state index in [0.717, 1.165) is 5.75 Å². The van der Waals surface area contributed by atoms with Gasteiger partial charge in [-0.15, -0.1) is 0 Å². The topological polar surface area (TPSA) is 82.4 Å². The van der Waals surface area contributed by atoms with Crippen LogP contribution in [0.3, 0.4) is 0 Å². The number of benzene rings is 1. The van der Waals surface area contributed by atoms with E-state index in [4.69, 9.17) is 9.47 Å². The molecule has 25 heavy (non-hydrogen) atoms. The molecule has 1 amide bonds. The van der Waals surface area contributed by atoms with E-state index in [2.05, 4.69) is 10.4 Å². The van der Waals surface area contributed by atoms with Gasteiger partial charge in [0, 0.05) is 25.4 Å². The number of ether oxygens (including phenoxy) is 2. The normalized spacial score (nSPS) is 11.6. The van der Waals surface area contributed by atoms with E-state index in [1.54, 1.807) is 43.5 Å². The van der Waals surface area contributed by atoms with Crippen molar-refractivity contribution in [3.63, 3.8) is 0 Å². The molecule has 0 spiro atoms. The highest BCUT2D eigenvalue weighted by Gasteiger charge is 2.14. The van der Waals surface area contributed by atoms with Gasteiger partial charge >= 0.3 is 0 Å². The SMILES string of the molecule is CCOc1ccc(O[C@@H](C)C(=O)NCCCn2ncccc2=O)cc1. The molecule has 0 aliphatic heterocycles. The summed E-state index contributed by atoms with van der Waals surface area (Å²) in [6.07, 6.45) is 1.56. The number of aryl methyl sites for hydroxylation is 1. The Morgan fingerprint density at radius 3 is 2.64 bits per heavy atom. The Morgan fingerprint density at radius 1 is 1.24 bits per heavy atom. The molecule has 0 radical (unpaired) electrons. The fourth-order valence-corrected chi connectivity index (χ4v) is 2.18. The number of nitrogens with one attached hydrogen (secondary N) is 1. The van der Waals surface area contributed by atoms with Crippen molar-refractivity contribution in [2.45, 2.75) is 32.9 Å². The average Bonchev–Trinajstić information content (AvgIpc) is 2.61. The molecule has 1 atom stereocenters. The zero-order valence-electron chi connectivity index (χ0n) is 14.5. The molecule has 1 aromatic carbocycles. The Labute approximate surface area is 146 Å². The molecule has 1 aromatic heterocycles. The lowest BCUT2D eigenvalue weighted by Crippen LogP contribution is -2.37. The van der Waals surface area contributed by atoms with Gasteiger partial charge in [0.1, 0.15) is 11.5 Å². The van der Waals surface area contributed by atoms with Gasteiger partial charge in [-0.3, -0.25) is 9.59 Å². The van der Waals surface area contributed by atoms with Crippen molar-refractivity contribution in [1.29, 1.82) is 0 Å². The van der Waals surface area contributed by atoms with Gasteiger partial charge in [0.2, 0.25) is 0 Å². The van der Waals surface area contributed by atoms with E-state index >= 15 is 0 Å². The third-order valence-corrected chi connectivity index (χ3v) is 3.45. The summed E-state index contributed by atoms with van der Waals surface area (Å²) in [5.41, 5.74) is -0.152. The second-order valence-electron chi connectivity index (χ2n) is 5.39. The Morgan fingerprint density at radius 2 is 1.96 bits per heavy atom. The van der Waals surface area contributed by atoms with Gasteiger partial charge in [-0.05, 0) is 50.6 Å². The molecule has 134 valence electrons. The van der Waals surface area contributed by atoms with Crippen LogP contribution in [0.4, 0.5) is 0 Å². The van der Waals surface area contributed by atoms with Crippen molar-refractivity contribution < 1.29 is 14.3 Å². The molecule has 7 nitrogen and oxygen atoms in total. The van der Waals surface area contributed by atoms with E-state index in [1.807, 2.05) is 6.92 Å². The molecule has 0 aliphatic carbocycles. The second-order valence-corrected chi connectivity index (χ2v) is 5.39. The lowest BCUT2D eigenvalue weighted by Gasteiger charge is -2.15. The van der Waals surface area contributed by atoms with Gasteiger partial charge in [0.15, 0.2) is 6.10 Å². The first-order valence-corrected chi connectivity index (χ1v) is 8.29. The number of amides is 1. The van der Waals surface area contributed by atoms with E-state index < -0.39 is 6.10 Å². The van der Waals surface area contributed by atoms with Crippen molar-refractivity contribution in [1.82, 2.24) is 15.1 Å². The molecule has 2 aromatic rings. The number of carbonyl (C=O) groups excluding carboxylic acids is 1. The molecule has 1 N–H and O–H groups in total. The van der Waals surface area contributed by atoms with E-state index in [-0.39, 0.29) is 11.5 Å². The first-order valence-electron chi connectivity index (χ1n) is 8.29. The highest BCUT2D eigenvalue weighted by molar-refractivity contribution is 5.80. The summed E-state index contributed by atoms with van der Waals surface area (Å²) in [6.45, 7) is 5.10. The van der Waals surface area contributed by atoms with Crippen LogP contribution in [0.15, 0.2) is 47.4 Å². The lowest BCUT2D eigenvalue weighted by atomic mass is 10.3. The van der Waals surface area contributed by atoms with Crippen molar-refractivity contribution in [2.24, 2.45) is 0 Å². The first-order chi connectivity index (χ1) is 12.1. The number of nitrogens with zero attached hydrogens (tertiary/aromatic N) is 2. The third kappa shape index (κ3) is 5.95. The molecule has 0 fully saturated rings. The van der Waals surface area contributed by atoms with Crippen molar-refractivity contribution in [2.75, 3.05) is 13.2 Å². The van der Waals surface area contributed by atoms with Crippen LogP contribution in [0.5, 0.6) is 11.5 Å². The maximum Gasteiger partial charge on any atom is 0.266 e. The summed E-state index contributed by atoms with van der Waals surface area (Å²) in [7, 11) is 0. The van der Waals surface area contributed by atoms with Gasteiger partial charge in [-0.2, -0.15) is 5.10 Å². The molecule has 2 rings (SSSR count). The summed E-state index contributed by atoms with van der Waals surface area (Å²) in [6, 6.07) is 10.2. The minimum absolute atomic E-state index is 0.152. The summed E-state index contributed by atoms with van der Waals surface area (Å²) in [5.74, 6) is 1.16. The number of aromatic nitrogens is 2. The van der Waals surface area contributed by atoms with Crippen LogP contribution >= 0.6 is 0 Å². The van der Waals surface area contributed by atoms with Crippen LogP contribution in [0, 0.1) is 0 Å². The maximum atomic E-state index is 12.1. The highest BCUT2D eigenvalue weighted by Crippen LogP contribution is 2.18. The largest absolute Gasteiger partial charge is 0.494 e. The smallest absolute Gasteiger partial charge is 0.266 e. The third-order valence-electron chi connectivity index (χ3n) is 3.45. The maximum absolute atomic E-state index is 12.1. The Hall–Kier alpha value is -2.83. The van der Waals surface area contributed by atoms with Gasteiger partial charge in [0.25, 0.3) is 11.5 Å². The van der Waals surface area contributed by atoms with E-state index in [0.29, 0.717) is 31.9 Å². The Bertz CT molecular complexity index is 728. The molecule has 0 saturated heterocycles. The lowest BCUT2D eigenvalue weighted by molar-refractivity contribution is -0.127. The van der Waals surface area contributed by atoms with Crippen LogP contribution in [-0.4, -0.2) is 34.9 Å². The zero-order chi connectivity index (χ0) is 18.1. The fourth-order valence-electron chi connectivity index (χ4n) is 2.18. The second kappa shape index (κ2) is 9.46. The van der Waals surface area contributed by atoms with Crippen LogP contribution in [0.25, 0.3) is 0 Å².